The van der Waals surface area contributed by atoms with Crippen LogP contribution >= 0.6 is 11.6 Å². The smallest absolute Gasteiger partial charge is 0.244 e. The van der Waals surface area contributed by atoms with Gasteiger partial charge < -0.3 is 10.2 Å². The number of halogens is 1. The third-order valence-electron chi connectivity index (χ3n) is 6.42. The lowest BCUT2D eigenvalue weighted by atomic mass is 10.0. The molecular weight excluding hydrogens is 534 g/mol. The van der Waals surface area contributed by atoms with Crippen molar-refractivity contribution in [3.05, 3.63) is 101 Å². The molecule has 0 aromatic heterocycles. The number of nitrogens with one attached hydrogen (secondary N) is 1. The first-order chi connectivity index (χ1) is 18.6. The van der Waals surface area contributed by atoms with Crippen LogP contribution in [0.25, 0.3) is 0 Å². The second kappa shape index (κ2) is 14.1. The van der Waals surface area contributed by atoms with Gasteiger partial charge in [-0.25, -0.2) is 8.42 Å². The number of carbonyl (C=O) groups excluding carboxylic acids is 2. The maximum Gasteiger partial charge on any atom is 0.244 e. The van der Waals surface area contributed by atoms with Crippen molar-refractivity contribution in [1.82, 2.24) is 10.2 Å². The number of amides is 2. The summed E-state index contributed by atoms with van der Waals surface area (Å²) in [4.78, 5) is 29.0. The van der Waals surface area contributed by atoms with Gasteiger partial charge in [0.2, 0.25) is 21.8 Å². The fraction of sp³-hybridized carbons (Fsp3) is 0.333. The average molecular weight is 570 g/mol. The molecule has 0 saturated heterocycles. The number of hydrogen-bond acceptors (Lipinski definition) is 4. The fourth-order valence-electron chi connectivity index (χ4n) is 4.19. The van der Waals surface area contributed by atoms with E-state index in [0.717, 1.165) is 40.1 Å². The molecule has 7 nitrogen and oxygen atoms in total. The molecule has 3 aromatic rings. The Morgan fingerprint density at radius 2 is 1.56 bits per heavy atom. The first-order valence-corrected chi connectivity index (χ1v) is 15.2. The molecule has 0 spiro atoms. The zero-order chi connectivity index (χ0) is 28.4. The predicted molar refractivity (Wildman–Crippen MR) is 157 cm³/mol. The standard InChI is InChI=1S/C30H36ClN3O4S/c1-4-5-18-32-30(36)28(19-24-12-8-6-9-13-24)33(21-25-14-10-7-11-15-25)29(35)22-34(39(3,37)38)26-17-16-23(2)27(31)20-26/h6-17,20,28H,4-5,18-19,21-22H2,1-3H3,(H,32,36)/t28-/m1/s1. The number of anilines is 1. The summed E-state index contributed by atoms with van der Waals surface area (Å²) in [5.74, 6) is -0.770. The van der Waals surface area contributed by atoms with Gasteiger partial charge in [-0.05, 0) is 42.2 Å². The summed E-state index contributed by atoms with van der Waals surface area (Å²) in [5.41, 5.74) is 2.80. The van der Waals surface area contributed by atoms with Gasteiger partial charge in [0.05, 0.1) is 11.9 Å². The van der Waals surface area contributed by atoms with Crippen LogP contribution in [0.2, 0.25) is 5.02 Å². The Morgan fingerprint density at radius 3 is 2.13 bits per heavy atom. The Bertz CT molecular complexity index is 1350. The minimum atomic E-state index is -3.84. The molecule has 0 bridgehead atoms. The van der Waals surface area contributed by atoms with Gasteiger partial charge >= 0.3 is 0 Å². The highest BCUT2D eigenvalue weighted by Crippen LogP contribution is 2.25. The van der Waals surface area contributed by atoms with E-state index in [1.54, 1.807) is 12.1 Å². The molecule has 0 radical (unpaired) electrons. The van der Waals surface area contributed by atoms with Crippen molar-refractivity contribution in [2.45, 2.75) is 45.7 Å². The Kier molecular flexibility index (Phi) is 10.9. The Hall–Kier alpha value is -3.36. The van der Waals surface area contributed by atoms with E-state index in [0.29, 0.717) is 11.6 Å². The van der Waals surface area contributed by atoms with Crippen molar-refractivity contribution in [2.24, 2.45) is 0 Å². The van der Waals surface area contributed by atoms with Crippen LogP contribution in [0.3, 0.4) is 0 Å². The summed E-state index contributed by atoms with van der Waals surface area (Å²) in [7, 11) is -3.84. The molecular formula is C30H36ClN3O4S. The largest absolute Gasteiger partial charge is 0.354 e. The van der Waals surface area contributed by atoms with Crippen LogP contribution in [0.5, 0.6) is 0 Å². The number of rotatable bonds is 13. The molecule has 39 heavy (non-hydrogen) atoms. The highest BCUT2D eigenvalue weighted by molar-refractivity contribution is 7.92. The van der Waals surface area contributed by atoms with E-state index in [1.165, 1.54) is 11.0 Å². The lowest BCUT2D eigenvalue weighted by Gasteiger charge is -2.33. The first-order valence-electron chi connectivity index (χ1n) is 13.0. The van der Waals surface area contributed by atoms with Gasteiger partial charge in [0.25, 0.3) is 0 Å². The molecule has 3 rings (SSSR count). The van der Waals surface area contributed by atoms with E-state index in [-0.39, 0.29) is 24.6 Å². The first kappa shape index (κ1) is 30.2. The number of hydrogen-bond donors (Lipinski definition) is 1. The SMILES string of the molecule is CCCCNC(=O)[C@@H](Cc1ccccc1)N(Cc1ccccc1)C(=O)CN(c1ccc(C)c(Cl)c1)S(C)(=O)=O. The van der Waals surface area contributed by atoms with Crippen molar-refractivity contribution in [2.75, 3.05) is 23.7 Å². The van der Waals surface area contributed by atoms with Gasteiger partial charge in [0, 0.05) is 24.5 Å². The summed E-state index contributed by atoms with van der Waals surface area (Å²) >= 11 is 6.29. The molecule has 1 N–H and O–H groups in total. The van der Waals surface area contributed by atoms with Crippen LogP contribution < -0.4 is 9.62 Å². The van der Waals surface area contributed by atoms with Gasteiger partial charge in [-0.3, -0.25) is 13.9 Å². The third-order valence-corrected chi connectivity index (χ3v) is 7.97. The number of nitrogens with zero attached hydrogens (tertiary/aromatic N) is 2. The fourth-order valence-corrected chi connectivity index (χ4v) is 5.21. The lowest BCUT2D eigenvalue weighted by Crippen LogP contribution is -2.53. The maximum absolute atomic E-state index is 14.0. The minimum absolute atomic E-state index is 0.143. The van der Waals surface area contributed by atoms with Gasteiger partial charge in [-0.2, -0.15) is 0 Å². The molecule has 0 fully saturated rings. The zero-order valence-corrected chi connectivity index (χ0v) is 24.2. The molecule has 0 heterocycles. The lowest BCUT2D eigenvalue weighted by molar-refractivity contribution is -0.140. The van der Waals surface area contributed by atoms with Gasteiger partial charge in [-0.1, -0.05) is 91.7 Å². The third kappa shape index (κ3) is 8.83. The monoisotopic (exact) mass is 569 g/mol. The predicted octanol–water partition coefficient (Wildman–Crippen LogP) is 4.97. The number of aryl methyl sites for hydroxylation is 1. The van der Waals surface area contributed by atoms with E-state index in [2.05, 4.69) is 5.32 Å². The molecule has 0 unspecified atom stereocenters. The highest BCUT2D eigenvalue weighted by atomic mass is 35.5. The van der Waals surface area contributed by atoms with Gasteiger partial charge in [-0.15, -0.1) is 0 Å². The van der Waals surface area contributed by atoms with E-state index in [9.17, 15) is 18.0 Å². The highest BCUT2D eigenvalue weighted by Gasteiger charge is 2.33. The summed E-state index contributed by atoms with van der Waals surface area (Å²) in [6, 6.07) is 22.9. The number of benzene rings is 3. The van der Waals surface area contributed by atoms with Crippen molar-refractivity contribution >= 4 is 39.1 Å². The van der Waals surface area contributed by atoms with E-state index in [4.69, 9.17) is 11.6 Å². The molecule has 0 aliphatic rings. The molecule has 3 aromatic carbocycles. The summed E-state index contributed by atoms with van der Waals surface area (Å²) in [6.45, 7) is 4.01. The van der Waals surface area contributed by atoms with Crippen LogP contribution in [0.4, 0.5) is 5.69 Å². The average Bonchev–Trinajstić information content (AvgIpc) is 2.91. The van der Waals surface area contributed by atoms with E-state index in [1.807, 2.05) is 74.5 Å². The van der Waals surface area contributed by atoms with Gasteiger partial charge in [0.15, 0.2) is 0 Å². The zero-order valence-electron chi connectivity index (χ0n) is 22.6. The van der Waals surface area contributed by atoms with E-state index >= 15 is 0 Å². The van der Waals surface area contributed by atoms with Crippen LogP contribution in [0.1, 0.15) is 36.5 Å². The summed E-state index contributed by atoms with van der Waals surface area (Å²) < 4.78 is 26.7. The van der Waals surface area contributed by atoms with E-state index < -0.39 is 28.5 Å². The second-order valence-electron chi connectivity index (χ2n) is 9.56. The van der Waals surface area contributed by atoms with Crippen molar-refractivity contribution in [1.29, 1.82) is 0 Å². The number of sulfonamides is 1. The van der Waals surface area contributed by atoms with Crippen LogP contribution in [-0.4, -0.2) is 50.5 Å². The van der Waals surface area contributed by atoms with Gasteiger partial charge in [0.1, 0.15) is 12.6 Å². The Balaban J connectivity index is 2.02. The Morgan fingerprint density at radius 1 is 0.949 bits per heavy atom. The van der Waals surface area contributed by atoms with Crippen molar-refractivity contribution in [3.63, 3.8) is 0 Å². The topological polar surface area (TPSA) is 86.8 Å². The molecule has 208 valence electrons. The molecule has 0 aliphatic heterocycles. The van der Waals surface area contributed by atoms with Crippen molar-refractivity contribution in [3.8, 4) is 0 Å². The minimum Gasteiger partial charge on any atom is -0.354 e. The summed E-state index contributed by atoms with van der Waals surface area (Å²) in [6.07, 6.45) is 3.06. The van der Waals surface area contributed by atoms with Crippen LogP contribution in [0.15, 0.2) is 78.9 Å². The number of carbonyl (C=O) groups is 2. The number of unbranched alkanes of at least 4 members (excludes halogenated alkanes) is 1. The maximum atomic E-state index is 14.0. The molecule has 9 heteroatoms. The van der Waals surface area contributed by atoms with Crippen molar-refractivity contribution < 1.29 is 18.0 Å². The van der Waals surface area contributed by atoms with Crippen LogP contribution in [-0.2, 0) is 32.6 Å². The summed E-state index contributed by atoms with van der Waals surface area (Å²) in [5, 5.41) is 3.37. The molecule has 1 atom stereocenters. The van der Waals surface area contributed by atoms with Crippen LogP contribution in [0, 0.1) is 6.92 Å². The molecule has 2 amide bonds. The normalized spacial score (nSPS) is 12.0. The Labute approximate surface area is 236 Å². The second-order valence-corrected chi connectivity index (χ2v) is 11.9. The molecule has 0 aliphatic carbocycles. The molecule has 0 saturated carbocycles. The quantitative estimate of drug-likeness (QED) is 0.294.